The summed E-state index contributed by atoms with van der Waals surface area (Å²) in [5.41, 5.74) is 2.00. The van der Waals surface area contributed by atoms with Crippen LogP contribution >= 0.6 is 0 Å². The van der Waals surface area contributed by atoms with Crippen molar-refractivity contribution >= 4 is 0 Å². The molecule has 3 nitrogen and oxygen atoms in total. The van der Waals surface area contributed by atoms with Crippen molar-refractivity contribution in [3.63, 3.8) is 0 Å². The Hall–Kier alpha value is -1.06. The minimum Gasteiger partial charge on any atom is -0.491 e. The Morgan fingerprint density at radius 1 is 0.931 bits per heavy atom. The minimum atomic E-state index is -0.421. The Morgan fingerprint density at radius 2 is 1.48 bits per heavy atom. The number of likely N-dealkylation sites (tertiary alicyclic amines) is 1. The molecule has 0 amide bonds. The van der Waals surface area contributed by atoms with E-state index in [0.29, 0.717) is 12.0 Å². The van der Waals surface area contributed by atoms with Crippen LogP contribution in [0.15, 0.2) is 24.3 Å². The van der Waals surface area contributed by atoms with Gasteiger partial charge in [0.25, 0.3) is 0 Å². The van der Waals surface area contributed by atoms with E-state index < -0.39 is 6.10 Å². The van der Waals surface area contributed by atoms with Crippen LogP contribution in [0.5, 0.6) is 5.75 Å². The molecule has 0 aromatic heterocycles. The normalized spacial score (nSPS) is 40.2. The summed E-state index contributed by atoms with van der Waals surface area (Å²) < 4.78 is 5.96. The topological polar surface area (TPSA) is 32.7 Å². The lowest BCUT2D eigenvalue weighted by Crippen LogP contribution is -2.48. The van der Waals surface area contributed by atoms with E-state index in [1.165, 1.54) is 44.9 Å². The van der Waals surface area contributed by atoms with Gasteiger partial charge in [-0.3, -0.25) is 0 Å². The lowest BCUT2D eigenvalue weighted by Gasteiger charge is -2.57. The first-order valence-electron chi connectivity index (χ1n) is 12.1. The van der Waals surface area contributed by atoms with Gasteiger partial charge in [-0.25, -0.2) is 0 Å². The van der Waals surface area contributed by atoms with E-state index in [9.17, 15) is 5.11 Å². The smallest absolute Gasteiger partial charge is 0.119 e. The van der Waals surface area contributed by atoms with Gasteiger partial charge in [0.2, 0.25) is 0 Å². The Kier molecular flexibility index (Phi) is 5.41. The summed E-state index contributed by atoms with van der Waals surface area (Å²) in [6.07, 6.45) is 9.58. The van der Waals surface area contributed by atoms with E-state index in [4.69, 9.17) is 4.74 Å². The van der Waals surface area contributed by atoms with Crippen LogP contribution in [0.25, 0.3) is 0 Å². The number of aliphatic hydroxyl groups excluding tert-OH is 1. The third-order valence-electron chi connectivity index (χ3n) is 8.36. The van der Waals surface area contributed by atoms with Crippen molar-refractivity contribution in [1.29, 1.82) is 0 Å². The van der Waals surface area contributed by atoms with Crippen LogP contribution in [0, 0.1) is 29.6 Å². The molecule has 4 saturated carbocycles. The predicted octanol–water partition coefficient (Wildman–Crippen LogP) is 4.87. The maximum atomic E-state index is 10.5. The highest BCUT2D eigenvalue weighted by molar-refractivity contribution is 5.34. The molecule has 1 N–H and O–H groups in total. The number of rotatable bonds is 6. The molecule has 3 atom stereocenters. The molecule has 4 bridgehead atoms. The third kappa shape index (κ3) is 4.23. The summed E-state index contributed by atoms with van der Waals surface area (Å²) in [5.74, 6) is 5.29. The van der Waals surface area contributed by atoms with Crippen molar-refractivity contribution in [1.82, 2.24) is 4.90 Å². The number of ether oxygens (including phenoxy) is 1. The molecule has 6 rings (SSSR count). The van der Waals surface area contributed by atoms with Crippen LogP contribution in [-0.4, -0.2) is 42.4 Å². The van der Waals surface area contributed by atoms with Crippen molar-refractivity contribution < 1.29 is 9.84 Å². The highest BCUT2D eigenvalue weighted by Gasteiger charge is 2.51. The molecular weight excluding hydrogens is 358 g/mol. The first-order valence-corrected chi connectivity index (χ1v) is 12.1. The molecule has 1 heterocycles. The zero-order valence-electron chi connectivity index (χ0n) is 18.4. The van der Waals surface area contributed by atoms with Crippen molar-refractivity contribution in [3.8, 4) is 5.75 Å². The lowest BCUT2D eigenvalue weighted by atomic mass is 9.48. The molecule has 1 aromatic rings. The second-order valence-electron chi connectivity index (χ2n) is 11.4. The average molecular weight is 398 g/mol. The first kappa shape index (κ1) is 19.9. The van der Waals surface area contributed by atoms with E-state index >= 15 is 0 Å². The van der Waals surface area contributed by atoms with Gasteiger partial charge in [0.15, 0.2) is 0 Å². The van der Waals surface area contributed by atoms with Crippen molar-refractivity contribution in [2.24, 2.45) is 29.6 Å². The van der Waals surface area contributed by atoms with Crippen molar-refractivity contribution in [3.05, 3.63) is 29.8 Å². The van der Waals surface area contributed by atoms with Crippen LogP contribution in [0.3, 0.4) is 0 Å². The molecule has 29 heavy (non-hydrogen) atoms. The standard InChI is InChI=1S/C26H39NO2/c1-18-7-19(2)15-27(14-18)16-24(28)17-29-25-5-3-23(4-6-25)26-11-20-8-21(12-26)10-22(9-20)13-26/h3-6,18-22,24,28H,7-17H2,1-2H3/t18-,19+,20?,21?,22?,24-,26?/m0/s1. The van der Waals surface area contributed by atoms with Gasteiger partial charge in [0.05, 0.1) is 0 Å². The summed E-state index contributed by atoms with van der Waals surface area (Å²) in [6.45, 7) is 7.94. The molecule has 4 aliphatic carbocycles. The number of hydrogen-bond acceptors (Lipinski definition) is 3. The third-order valence-corrected chi connectivity index (χ3v) is 8.36. The van der Waals surface area contributed by atoms with E-state index in [0.717, 1.165) is 55.0 Å². The number of benzene rings is 1. The summed E-state index contributed by atoms with van der Waals surface area (Å²) in [7, 11) is 0. The monoisotopic (exact) mass is 397 g/mol. The Bertz CT molecular complexity index is 654. The fourth-order valence-electron chi connectivity index (χ4n) is 7.85. The predicted molar refractivity (Wildman–Crippen MR) is 117 cm³/mol. The molecule has 160 valence electrons. The van der Waals surface area contributed by atoms with Crippen molar-refractivity contribution in [2.45, 2.75) is 70.3 Å². The second kappa shape index (κ2) is 7.89. The summed E-state index contributed by atoms with van der Waals surface area (Å²) in [5, 5.41) is 10.5. The molecule has 0 radical (unpaired) electrons. The highest BCUT2D eigenvalue weighted by Crippen LogP contribution is 2.60. The molecule has 1 aliphatic heterocycles. The second-order valence-corrected chi connectivity index (χ2v) is 11.4. The number of hydrogen-bond donors (Lipinski definition) is 1. The van der Waals surface area contributed by atoms with Crippen LogP contribution in [0.1, 0.15) is 64.4 Å². The van der Waals surface area contributed by atoms with E-state index in [2.05, 4.69) is 43.0 Å². The largest absolute Gasteiger partial charge is 0.491 e. The number of β-amino-alcohol motifs (C(OH)–C–C–N with tert-alkyl or cyclic N) is 1. The Labute approximate surface area is 176 Å². The van der Waals surface area contributed by atoms with Gasteiger partial charge in [-0.1, -0.05) is 26.0 Å². The first-order chi connectivity index (χ1) is 14.0. The number of aliphatic hydroxyl groups is 1. The number of nitrogens with zero attached hydrogens (tertiary/aromatic N) is 1. The molecule has 5 aliphatic rings. The Balaban J connectivity index is 1.15. The molecule has 1 saturated heterocycles. The summed E-state index contributed by atoms with van der Waals surface area (Å²) >= 11 is 0. The molecule has 3 heteroatoms. The van der Waals surface area contributed by atoms with Gasteiger partial charge in [-0.2, -0.15) is 0 Å². The lowest BCUT2D eigenvalue weighted by molar-refractivity contribution is -0.00523. The Morgan fingerprint density at radius 3 is 2.03 bits per heavy atom. The van der Waals surface area contributed by atoms with Gasteiger partial charge < -0.3 is 14.7 Å². The van der Waals surface area contributed by atoms with Gasteiger partial charge >= 0.3 is 0 Å². The van der Waals surface area contributed by atoms with Crippen LogP contribution < -0.4 is 4.74 Å². The summed E-state index contributed by atoms with van der Waals surface area (Å²) in [4.78, 5) is 2.41. The molecule has 5 fully saturated rings. The fourth-order valence-corrected chi connectivity index (χ4v) is 7.85. The molecular formula is C26H39NO2. The summed E-state index contributed by atoms with van der Waals surface area (Å²) in [6, 6.07) is 8.93. The maximum absolute atomic E-state index is 10.5. The van der Waals surface area contributed by atoms with E-state index in [-0.39, 0.29) is 0 Å². The van der Waals surface area contributed by atoms with Gasteiger partial charge in [-0.05, 0) is 97.6 Å². The van der Waals surface area contributed by atoms with Crippen LogP contribution in [0.2, 0.25) is 0 Å². The zero-order valence-corrected chi connectivity index (χ0v) is 18.4. The SMILES string of the molecule is C[C@@H]1C[C@H](C)CN(C[C@H](O)COc2ccc(C34CC5CC(CC(C5)C3)C4)cc2)C1. The minimum absolute atomic E-state index is 0.385. The van der Waals surface area contributed by atoms with Crippen LogP contribution in [-0.2, 0) is 5.41 Å². The van der Waals surface area contributed by atoms with Gasteiger partial charge in [0.1, 0.15) is 18.5 Å². The van der Waals surface area contributed by atoms with Crippen molar-refractivity contribution in [2.75, 3.05) is 26.2 Å². The number of piperidine rings is 1. The molecule has 0 spiro atoms. The zero-order chi connectivity index (χ0) is 20.0. The average Bonchev–Trinajstić information content (AvgIpc) is 2.65. The van der Waals surface area contributed by atoms with E-state index in [1.807, 2.05) is 0 Å². The molecule has 1 aromatic carbocycles. The van der Waals surface area contributed by atoms with Gasteiger partial charge in [-0.15, -0.1) is 0 Å². The fraction of sp³-hybridized carbons (Fsp3) is 0.769. The van der Waals surface area contributed by atoms with E-state index in [1.54, 1.807) is 5.56 Å². The highest BCUT2D eigenvalue weighted by atomic mass is 16.5. The van der Waals surface area contributed by atoms with Gasteiger partial charge in [0, 0.05) is 19.6 Å². The maximum Gasteiger partial charge on any atom is 0.119 e. The quantitative estimate of drug-likeness (QED) is 0.743. The van der Waals surface area contributed by atoms with Crippen LogP contribution in [0.4, 0.5) is 0 Å². The molecule has 0 unspecified atom stereocenters.